The van der Waals surface area contributed by atoms with Gasteiger partial charge in [-0.2, -0.15) is 0 Å². The van der Waals surface area contributed by atoms with Gasteiger partial charge in [0.15, 0.2) is 0 Å². The Morgan fingerprint density at radius 1 is 1.35 bits per heavy atom. The molecule has 0 fully saturated rings. The van der Waals surface area contributed by atoms with E-state index in [0.29, 0.717) is 0 Å². The zero-order valence-corrected chi connectivity index (χ0v) is 11.3. The van der Waals surface area contributed by atoms with Gasteiger partial charge in [-0.15, -0.1) is 0 Å². The number of alkyl halides is 2. The van der Waals surface area contributed by atoms with E-state index in [1.807, 2.05) is 0 Å². The first-order valence-corrected chi connectivity index (χ1v) is 5.45. The molecule has 7 heteroatoms. The molecule has 0 saturated carbocycles. The van der Waals surface area contributed by atoms with Crippen LogP contribution in [0.1, 0.15) is 20.8 Å². The van der Waals surface area contributed by atoms with Gasteiger partial charge < -0.3 is 14.2 Å². The fraction of sp³-hybridized carbons (Fsp3) is 0.600. The molecule has 1 atom stereocenters. The molecule has 0 saturated heterocycles. The Balaban J connectivity index is 4.17. The number of carbonyl (C=O) groups excluding carboxylic acids is 2. The second-order valence-corrected chi connectivity index (χ2v) is 4.70. The lowest BCUT2D eigenvalue weighted by Gasteiger charge is -2.23. The number of carbonyl (C=O) groups is 2. The van der Waals surface area contributed by atoms with Crippen LogP contribution in [0.4, 0.5) is 0 Å². The van der Waals surface area contributed by atoms with Gasteiger partial charge in [0, 0.05) is 12.5 Å². The highest BCUT2D eigenvalue weighted by atomic mass is 35.5. The van der Waals surface area contributed by atoms with E-state index < -0.39 is 22.7 Å². The molecule has 0 aliphatic carbocycles. The van der Waals surface area contributed by atoms with Gasteiger partial charge in [0.1, 0.15) is 6.61 Å². The van der Waals surface area contributed by atoms with Gasteiger partial charge in [-0.3, -0.25) is 4.79 Å². The van der Waals surface area contributed by atoms with E-state index in [1.165, 1.54) is 20.8 Å². The number of rotatable bonds is 6. The maximum Gasteiger partial charge on any atom is 0.335 e. The van der Waals surface area contributed by atoms with Crippen molar-refractivity contribution in [3.8, 4) is 0 Å². The van der Waals surface area contributed by atoms with E-state index >= 15 is 0 Å². The predicted octanol–water partition coefficient (Wildman–Crippen LogP) is 2.16. The summed E-state index contributed by atoms with van der Waals surface area (Å²) in [5.41, 5.74) is 0.218. The summed E-state index contributed by atoms with van der Waals surface area (Å²) in [5.74, 6) is -1.18. The van der Waals surface area contributed by atoms with Gasteiger partial charge in [-0.25, -0.2) is 4.79 Å². The van der Waals surface area contributed by atoms with E-state index in [2.05, 4.69) is 11.3 Å². The second kappa shape index (κ2) is 6.83. The molecule has 0 rings (SSSR count). The van der Waals surface area contributed by atoms with Crippen LogP contribution < -0.4 is 0 Å². The van der Waals surface area contributed by atoms with E-state index in [9.17, 15) is 9.59 Å². The highest BCUT2D eigenvalue weighted by molar-refractivity contribution is 6.47. The average Bonchev–Trinajstić information content (AvgIpc) is 2.13. The van der Waals surface area contributed by atoms with Gasteiger partial charge in [-0.05, 0) is 13.8 Å². The van der Waals surface area contributed by atoms with Crippen molar-refractivity contribution in [1.82, 2.24) is 0 Å². The summed E-state index contributed by atoms with van der Waals surface area (Å²) in [5, 5.41) is 0. The molecular weight excluding hydrogens is 271 g/mol. The molecule has 98 valence electrons. The van der Waals surface area contributed by atoms with Crippen LogP contribution in [0, 0.1) is 0 Å². The predicted molar refractivity (Wildman–Crippen MR) is 62.5 cm³/mol. The molecule has 0 aliphatic heterocycles. The van der Waals surface area contributed by atoms with E-state index in [1.54, 1.807) is 0 Å². The van der Waals surface area contributed by atoms with Gasteiger partial charge in [-0.1, -0.05) is 29.8 Å². The highest BCUT2D eigenvalue weighted by Gasteiger charge is 2.30. The van der Waals surface area contributed by atoms with Crippen LogP contribution in [-0.4, -0.2) is 29.4 Å². The second-order valence-electron chi connectivity index (χ2n) is 3.29. The molecule has 0 spiro atoms. The summed E-state index contributed by atoms with van der Waals surface area (Å²) in [6.07, 6.45) is -0.996. The van der Waals surface area contributed by atoms with Gasteiger partial charge in [0.2, 0.25) is 6.29 Å². The Bertz CT molecular complexity index is 314. The largest absolute Gasteiger partial charge is 0.460 e. The Morgan fingerprint density at radius 3 is 2.29 bits per heavy atom. The first-order chi connectivity index (χ1) is 7.64. The fourth-order valence-electron chi connectivity index (χ4n) is 0.738. The van der Waals surface area contributed by atoms with Crippen molar-refractivity contribution in [2.75, 3.05) is 6.61 Å². The lowest BCUT2D eigenvalue weighted by atomic mass is 10.4. The van der Waals surface area contributed by atoms with E-state index in [0.717, 1.165) is 0 Å². The summed E-state index contributed by atoms with van der Waals surface area (Å²) < 4.78 is 12.6. The maximum atomic E-state index is 11.1. The van der Waals surface area contributed by atoms with Crippen molar-refractivity contribution >= 4 is 35.1 Å². The molecule has 0 aromatic carbocycles. The van der Waals surface area contributed by atoms with Crippen molar-refractivity contribution in [2.45, 2.75) is 31.6 Å². The number of esters is 2. The van der Waals surface area contributed by atoms with Crippen LogP contribution in [0.25, 0.3) is 0 Å². The summed E-state index contributed by atoms with van der Waals surface area (Å²) in [4.78, 5) is 21.7. The van der Waals surface area contributed by atoms with Gasteiger partial charge in [0.05, 0.1) is 0 Å². The minimum atomic E-state index is -1.78. The van der Waals surface area contributed by atoms with Crippen LogP contribution in [-0.2, 0) is 23.8 Å². The van der Waals surface area contributed by atoms with Crippen molar-refractivity contribution in [1.29, 1.82) is 0 Å². The molecule has 0 bridgehead atoms. The molecule has 0 aliphatic rings. The third-order valence-corrected chi connectivity index (χ3v) is 1.80. The molecule has 0 radical (unpaired) electrons. The smallest absolute Gasteiger partial charge is 0.335 e. The fourth-order valence-corrected chi connectivity index (χ4v) is 1.10. The number of hydrogen-bond acceptors (Lipinski definition) is 5. The molecule has 0 aromatic heterocycles. The Morgan fingerprint density at radius 2 is 1.88 bits per heavy atom. The third-order valence-electron chi connectivity index (χ3n) is 1.40. The molecule has 17 heavy (non-hydrogen) atoms. The first kappa shape index (κ1) is 16.2. The zero-order valence-electron chi connectivity index (χ0n) is 9.79. The Kier molecular flexibility index (Phi) is 6.52. The standard InChI is InChI=1S/C10H14Cl2O5/c1-6(2)9(14)16-8(4)17-10(11,12)5-15-7(3)13/h8H,1,5H2,2-4H3. The Labute approximate surface area is 110 Å². The number of halogens is 2. The maximum absolute atomic E-state index is 11.1. The third kappa shape index (κ3) is 8.01. The van der Waals surface area contributed by atoms with Crippen LogP contribution in [0.5, 0.6) is 0 Å². The van der Waals surface area contributed by atoms with Crippen molar-refractivity contribution in [3.63, 3.8) is 0 Å². The lowest BCUT2D eigenvalue weighted by Crippen LogP contribution is -2.32. The average molecular weight is 285 g/mol. The van der Waals surface area contributed by atoms with Crippen molar-refractivity contribution < 1.29 is 23.8 Å². The molecule has 0 heterocycles. The number of ether oxygens (including phenoxy) is 3. The molecule has 5 nitrogen and oxygen atoms in total. The molecule has 0 aromatic rings. The van der Waals surface area contributed by atoms with Crippen molar-refractivity contribution in [2.24, 2.45) is 0 Å². The van der Waals surface area contributed by atoms with Crippen molar-refractivity contribution in [3.05, 3.63) is 12.2 Å². The summed E-state index contributed by atoms with van der Waals surface area (Å²) >= 11 is 11.4. The van der Waals surface area contributed by atoms with Crippen LogP contribution in [0.3, 0.4) is 0 Å². The zero-order chi connectivity index (χ0) is 13.6. The molecule has 1 unspecified atom stereocenters. The minimum absolute atomic E-state index is 0.218. The van der Waals surface area contributed by atoms with E-state index in [4.69, 9.17) is 32.7 Å². The number of hydrogen-bond donors (Lipinski definition) is 0. The summed E-state index contributed by atoms with van der Waals surface area (Å²) in [7, 11) is 0. The quantitative estimate of drug-likeness (QED) is 0.324. The van der Waals surface area contributed by atoms with Crippen LogP contribution >= 0.6 is 23.2 Å². The van der Waals surface area contributed by atoms with E-state index in [-0.39, 0.29) is 12.2 Å². The van der Waals surface area contributed by atoms with Crippen LogP contribution in [0.15, 0.2) is 12.2 Å². The normalized spacial score (nSPS) is 12.8. The monoisotopic (exact) mass is 284 g/mol. The lowest BCUT2D eigenvalue weighted by molar-refractivity contribution is -0.184. The first-order valence-electron chi connectivity index (χ1n) is 4.69. The molecule has 0 amide bonds. The topological polar surface area (TPSA) is 61.8 Å². The summed E-state index contributed by atoms with van der Waals surface area (Å²) in [6, 6.07) is 0. The van der Waals surface area contributed by atoms with Crippen LogP contribution in [0.2, 0.25) is 0 Å². The summed E-state index contributed by atoms with van der Waals surface area (Å²) in [6.45, 7) is 7.14. The SMILES string of the molecule is C=C(C)C(=O)OC(C)OC(Cl)(Cl)COC(C)=O. The molecular formula is C10H14Cl2O5. The Hall–Kier alpha value is -0.780. The molecule has 0 N–H and O–H groups in total. The highest BCUT2D eigenvalue weighted by Crippen LogP contribution is 2.25. The van der Waals surface area contributed by atoms with Gasteiger partial charge >= 0.3 is 11.9 Å². The minimum Gasteiger partial charge on any atom is -0.460 e. The van der Waals surface area contributed by atoms with Gasteiger partial charge in [0.25, 0.3) is 4.52 Å².